The zero-order valence-corrected chi connectivity index (χ0v) is 24.2. The fraction of sp³-hybridized carbons (Fsp3) is 0.310. The number of hydrogen-bond donors (Lipinski definition) is 1. The van der Waals surface area contributed by atoms with Crippen molar-refractivity contribution >= 4 is 50.9 Å². The Kier molecular flexibility index (Phi) is 10.9. The van der Waals surface area contributed by atoms with E-state index in [4.69, 9.17) is 27.9 Å². The van der Waals surface area contributed by atoms with E-state index >= 15 is 0 Å². The number of benzene rings is 3. The zero-order chi connectivity index (χ0) is 26.9. The van der Waals surface area contributed by atoms with Crippen molar-refractivity contribution in [2.45, 2.75) is 52.2 Å². The number of carbonyl (C=O) groups is 2. The first-order valence-electron chi connectivity index (χ1n) is 12.1. The van der Waals surface area contributed by atoms with Gasteiger partial charge < -0.3 is 15.0 Å². The molecule has 0 aliphatic carbocycles. The summed E-state index contributed by atoms with van der Waals surface area (Å²) in [5.74, 6) is 0.0465. The van der Waals surface area contributed by atoms with Crippen LogP contribution in [0.15, 0.2) is 71.2 Å². The molecule has 3 aromatic rings. The molecular weight excluding hydrogens is 575 g/mol. The molecule has 0 aliphatic heterocycles. The Hall–Kier alpha value is -2.54. The summed E-state index contributed by atoms with van der Waals surface area (Å²) >= 11 is 15.9. The molecule has 5 nitrogen and oxygen atoms in total. The molecule has 196 valence electrons. The van der Waals surface area contributed by atoms with Crippen molar-refractivity contribution in [3.63, 3.8) is 0 Å². The lowest BCUT2D eigenvalue weighted by Crippen LogP contribution is -2.53. The number of nitrogens with one attached hydrogen (secondary N) is 1. The first-order chi connectivity index (χ1) is 17.7. The smallest absolute Gasteiger partial charge is 0.261 e. The molecule has 0 fully saturated rings. The first kappa shape index (κ1) is 29.0. The summed E-state index contributed by atoms with van der Waals surface area (Å²) in [7, 11) is 0. The van der Waals surface area contributed by atoms with E-state index in [1.54, 1.807) is 29.2 Å². The van der Waals surface area contributed by atoms with E-state index in [-0.39, 0.29) is 31.0 Å². The molecule has 2 amide bonds. The van der Waals surface area contributed by atoms with Crippen molar-refractivity contribution in [3.8, 4) is 5.75 Å². The molecule has 3 rings (SSSR count). The number of carbonyl (C=O) groups excluding carboxylic acids is 2. The Balaban J connectivity index is 1.93. The standard InChI is InChI=1S/C29H31BrCl2N2O3/c1-4-20(3)33-29(36)27(16-21-8-6-5-7-9-21)34(17-22-10-13-25(31)26(32)15-22)28(35)18-37-23-11-12-24(30)19(2)14-23/h5-15,20,27H,4,16-18H2,1-3H3,(H,33,36). The van der Waals surface area contributed by atoms with Crippen LogP contribution in [0, 0.1) is 6.92 Å². The van der Waals surface area contributed by atoms with E-state index in [1.807, 2.05) is 63.2 Å². The van der Waals surface area contributed by atoms with Gasteiger partial charge in [-0.15, -0.1) is 0 Å². The minimum absolute atomic E-state index is 0.0327. The maximum atomic E-state index is 13.7. The molecule has 2 atom stereocenters. The van der Waals surface area contributed by atoms with Gasteiger partial charge in [-0.1, -0.05) is 82.5 Å². The molecular formula is C29H31BrCl2N2O3. The average Bonchev–Trinajstić information content (AvgIpc) is 2.89. The van der Waals surface area contributed by atoms with Gasteiger partial charge in [-0.25, -0.2) is 0 Å². The number of aryl methyl sites for hydroxylation is 1. The summed E-state index contributed by atoms with van der Waals surface area (Å²) in [4.78, 5) is 28.8. The molecule has 0 saturated heterocycles. The van der Waals surface area contributed by atoms with Gasteiger partial charge in [-0.05, 0) is 67.3 Å². The topological polar surface area (TPSA) is 58.6 Å². The average molecular weight is 606 g/mol. The Bertz CT molecular complexity index is 1220. The summed E-state index contributed by atoms with van der Waals surface area (Å²) < 4.78 is 6.81. The maximum Gasteiger partial charge on any atom is 0.261 e. The Morgan fingerprint density at radius 2 is 1.73 bits per heavy atom. The number of halogens is 3. The number of ether oxygens (including phenoxy) is 1. The van der Waals surface area contributed by atoms with Crippen molar-refractivity contribution < 1.29 is 14.3 Å². The van der Waals surface area contributed by atoms with Crippen LogP contribution >= 0.6 is 39.1 Å². The minimum atomic E-state index is -0.756. The van der Waals surface area contributed by atoms with E-state index in [1.165, 1.54) is 0 Å². The lowest BCUT2D eigenvalue weighted by molar-refractivity contribution is -0.143. The van der Waals surface area contributed by atoms with Crippen LogP contribution in [0.1, 0.15) is 37.0 Å². The van der Waals surface area contributed by atoms with Crippen LogP contribution in [0.25, 0.3) is 0 Å². The second-order valence-corrected chi connectivity index (χ2v) is 10.7. The molecule has 0 saturated carbocycles. The monoisotopic (exact) mass is 604 g/mol. The SMILES string of the molecule is CCC(C)NC(=O)C(Cc1ccccc1)N(Cc1ccc(Cl)c(Cl)c1)C(=O)COc1ccc(Br)c(C)c1. The Labute approximate surface area is 237 Å². The van der Waals surface area contributed by atoms with Crippen LogP contribution in [-0.2, 0) is 22.6 Å². The van der Waals surface area contributed by atoms with E-state index in [2.05, 4.69) is 21.2 Å². The van der Waals surface area contributed by atoms with Gasteiger partial charge in [-0.3, -0.25) is 9.59 Å². The van der Waals surface area contributed by atoms with Crippen LogP contribution in [0.4, 0.5) is 0 Å². The predicted octanol–water partition coefficient (Wildman–Crippen LogP) is 7.00. The van der Waals surface area contributed by atoms with Crippen molar-refractivity contribution in [1.82, 2.24) is 10.2 Å². The molecule has 0 radical (unpaired) electrons. The predicted molar refractivity (Wildman–Crippen MR) is 153 cm³/mol. The summed E-state index contributed by atoms with van der Waals surface area (Å²) in [6.07, 6.45) is 1.13. The van der Waals surface area contributed by atoms with Gasteiger partial charge in [0.2, 0.25) is 5.91 Å². The fourth-order valence-corrected chi connectivity index (χ4v) is 4.33. The molecule has 0 aromatic heterocycles. The van der Waals surface area contributed by atoms with Crippen LogP contribution in [0.5, 0.6) is 5.75 Å². The quantitative estimate of drug-likeness (QED) is 0.256. The highest BCUT2D eigenvalue weighted by Crippen LogP contribution is 2.25. The van der Waals surface area contributed by atoms with Gasteiger partial charge in [0.05, 0.1) is 10.0 Å². The summed E-state index contributed by atoms with van der Waals surface area (Å²) in [5, 5.41) is 3.86. The largest absolute Gasteiger partial charge is 0.484 e. The van der Waals surface area contributed by atoms with Gasteiger partial charge in [0.15, 0.2) is 6.61 Å². The van der Waals surface area contributed by atoms with Crippen molar-refractivity contribution in [3.05, 3.63) is 97.9 Å². The Morgan fingerprint density at radius 1 is 1.00 bits per heavy atom. The summed E-state index contributed by atoms with van der Waals surface area (Å²) in [6, 6.07) is 19.6. The Morgan fingerprint density at radius 3 is 2.38 bits per heavy atom. The minimum Gasteiger partial charge on any atom is -0.484 e. The van der Waals surface area contributed by atoms with Gasteiger partial charge in [0.1, 0.15) is 11.8 Å². The second kappa shape index (κ2) is 13.8. The molecule has 0 spiro atoms. The highest BCUT2D eigenvalue weighted by molar-refractivity contribution is 9.10. The van der Waals surface area contributed by atoms with Crippen molar-refractivity contribution in [2.75, 3.05) is 6.61 Å². The van der Waals surface area contributed by atoms with E-state index in [0.29, 0.717) is 22.2 Å². The fourth-order valence-electron chi connectivity index (χ4n) is 3.76. The van der Waals surface area contributed by atoms with Crippen molar-refractivity contribution in [2.24, 2.45) is 0 Å². The lowest BCUT2D eigenvalue weighted by Gasteiger charge is -2.32. The summed E-state index contributed by atoms with van der Waals surface area (Å²) in [5.41, 5.74) is 2.70. The van der Waals surface area contributed by atoms with E-state index < -0.39 is 6.04 Å². The molecule has 37 heavy (non-hydrogen) atoms. The van der Waals surface area contributed by atoms with Crippen LogP contribution in [0.3, 0.4) is 0 Å². The van der Waals surface area contributed by atoms with E-state index in [9.17, 15) is 9.59 Å². The molecule has 3 aromatic carbocycles. The van der Waals surface area contributed by atoms with E-state index in [0.717, 1.165) is 27.6 Å². The summed E-state index contributed by atoms with van der Waals surface area (Å²) in [6.45, 7) is 5.85. The van der Waals surface area contributed by atoms with Crippen LogP contribution < -0.4 is 10.1 Å². The van der Waals surface area contributed by atoms with Crippen LogP contribution in [-0.4, -0.2) is 35.4 Å². The first-order valence-corrected chi connectivity index (χ1v) is 13.7. The second-order valence-electron chi connectivity index (χ2n) is 8.99. The number of amides is 2. The van der Waals surface area contributed by atoms with Gasteiger partial charge in [0, 0.05) is 23.5 Å². The van der Waals surface area contributed by atoms with Gasteiger partial charge in [-0.2, -0.15) is 0 Å². The zero-order valence-electron chi connectivity index (χ0n) is 21.1. The third-order valence-corrected chi connectivity index (χ3v) is 7.73. The molecule has 0 heterocycles. The van der Waals surface area contributed by atoms with Gasteiger partial charge >= 0.3 is 0 Å². The highest BCUT2D eigenvalue weighted by Gasteiger charge is 2.31. The van der Waals surface area contributed by atoms with Crippen molar-refractivity contribution in [1.29, 1.82) is 0 Å². The number of rotatable bonds is 11. The number of nitrogens with zero attached hydrogens (tertiary/aromatic N) is 1. The molecule has 8 heteroatoms. The molecule has 0 aliphatic rings. The normalized spacial score (nSPS) is 12.5. The lowest BCUT2D eigenvalue weighted by atomic mass is 10.0. The third kappa shape index (κ3) is 8.49. The van der Waals surface area contributed by atoms with Gasteiger partial charge in [0.25, 0.3) is 5.91 Å². The molecule has 0 bridgehead atoms. The molecule has 2 unspecified atom stereocenters. The maximum absolute atomic E-state index is 13.7. The molecule has 1 N–H and O–H groups in total. The number of hydrogen-bond acceptors (Lipinski definition) is 3. The highest BCUT2D eigenvalue weighted by atomic mass is 79.9. The third-order valence-electron chi connectivity index (χ3n) is 6.10. The van der Waals surface area contributed by atoms with Crippen LogP contribution in [0.2, 0.25) is 10.0 Å².